The Morgan fingerprint density at radius 1 is 0.800 bits per heavy atom. The molecule has 25 heavy (non-hydrogen) atoms. The molecule has 0 amide bonds. The zero-order chi connectivity index (χ0) is 18.8. The van der Waals surface area contributed by atoms with Crippen LogP contribution >= 0.6 is 23.2 Å². The molecule has 2 aromatic rings. The fourth-order valence-corrected chi connectivity index (χ4v) is 2.77. The standard InChI is InChI=1S/C20H20Cl2O3/c1-19(2,3)15-9-5-13(6-10-15)17(23)20(21,22)18(24)14-7-11-16(25-4)12-8-14/h5-12H,1-4H3. The first-order chi connectivity index (χ1) is 11.6. The monoisotopic (exact) mass is 378 g/mol. The Balaban J connectivity index is 2.27. The summed E-state index contributed by atoms with van der Waals surface area (Å²) in [6.07, 6.45) is 0. The van der Waals surface area contributed by atoms with Gasteiger partial charge in [-0.3, -0.25) is 9.59 Å². The minimum atomic E-state index is -2.18. The minimum absolute atomic E-state index is 0.0422. The van der Waals surface area contributed by atoms with Crippen molar-refractivity contribution < 1.29 is 14.3 Å². The Hall–Kier alpha value is -1.84. The number of carbonyl (C=O) groups is 2. The summed E-state index contributed by atoms with van der Waals surface area (Å²) in [6, 6.07) is 13.2. The summed E-state index contributed by atoms with van der Waals surface area (Å²) >= 11 is 12.3. The van der Waals surface area contributed by atoms with Gasteiger partial charge in [0.25, 0.3) is 0 Å². The largest absolute Gasteiger partial charge is 0.497 e. The molecule has 0 spiro atoms. The molecule has 0 aromatic heterocycles. The van der Waals surface area contributed by atoms with Gasteiger partial charge in [-0.2, -0.15) is 0 Å². The smallest absolute Gasteiger partial charge is 0.242 e. The van der Waals surface area contributed by atoms with Gasteiger partial charge in [-0.1, -0.05) is 68.2 Å². The molecule has 0 bridgehead atoms. The van der Waals surface area contributed by atoms with Crippen molar-refractivity contribution in [3.05, 3.63) is 65.2 Å². The third-order valence-electron chi connectivity index (χ3n) is 3.94. The second kappa shape index (κ2) is 7.19. The molecule has 0 aliphatic heterocycles. The van der Waals surface area contributed by atoms with Crippen LogP contribution in [0, 0.1) is 0 Å². The van der Waals surface area contributed by atoms with Gasteiger partial charge in [0.15, 0.2) is 0 Å². The van der Waals surface area contributed by atoms with Gasteiger partial charge >= 0.3 is 0 Å². The molecule has 0 aliphatic carbocycles. The van der Waals surface area contributed by atoms with E-state index in [1.54, 1.807) is 24.3 Å². The molecule has 0 saturated carbocycles. The Labute approximate surface area is 157 Å². The topological polar surface area (TPSA) is 43.4 Å². The van der Waals surface area contributed by atoms with Gasteiger partial charge in [-0.15, -0.1) is 0 Å². The van der Waals surface area contributed by atoms with Gasteiger partial charge in [-0.05, 0) is 35.2 Å². The summed E-state index contributed by atoms with van der Waals surface area (Å²) in [5, 5.41) is 0. The second-order valence-corrected chi connectivity index (χ2v) is 8.12. The van der Waals surface area contributed by atoms with E-state index in [1.807, 2.05) is 12.1 Å². The predicted molar refractivity (Wildman–Crippen MR) is 101 cm³/mol. The number of carbonyl (C=O) groups excluding carboxylic acids is 2. The molecule has 2 rings (SSSR count). The number of hydrogen-bond acceptors (Lipinski definition) is 3. The van der Waals surface area contributed by atoms with Crippen molar-refractivity contribution in [2.24, 2.45) is 0 Å². The lowest BCUT2D eigenvalue weighted by Crippen LogP contribution is -2.35. The number of rotatable bonds is 5. The zero-order valence-corrected chi connectivity index (χ0v) is 16.1. The van der Waals surface area contributed by atoms with Crippen molar-refractivity contribution in [3.8, 4) is 5.75 Å². The highest BCUT2D eigenvalue weighted by Gasteiger charge is 2.42. The number of hydrogen-bond donors (Lipinski definition) is 0. The molecule has 0 saturated heterocycles. The van der Waals surface area contributed by atoms with Crippen LogP contribution in [0.4, 0.5) is 0 Å². The molecule has 0 unspecified atom stereocenters. The lowest BCUT2D eigenvalue weighted by Gasteiger charge is -2.20. The Kier molecular flexibility index (Phi) is 5.60. The van der Waals surface area contributed by atoms with Crippen LogP contribution in [0.25, 0.3) is 0 Å². The highest BCUT2D eigenvalue weighted by atomic mass is 35.5. The highest BCUT2D eigenvalue weighted by Crippen LogP contribution is 2.32. The third kappa shape index (κ3) is 4.23. The van der Waals surface area contributed by atoms with Gasteiger partial charge in [0.05, 0.1) is 7.11 Å². The molecular formula is C20H20Cl2O3. The van der Waals surface area contributed by atoms with E-state index in [0.717, 1.165) is 5.56 Å². The fraction of sp³-hybridized carbons (Fsp3) is 0.300. The Morgan fingerprint density at radius 3 is 1.56 bits per heavy atom. The summed E-state index contributed by atoms with van der Waals surface area (Å²) < 4.78 is 2.86. The number of alkyl halides is 2. The van der Waals surface area contributed by atoms with E-state index < -0.39 is 15.9 Å². The van der Waals surface area contributed by atoms with Crippen molar-refractivity contribution in [3.63, 3.8) is 0 Å². The average Bonchev–Trinajstić information content (AvgIpc) is 2.59. The summed E-state index contributed by atoms with van der Waals surface area (Å²) in [5.41, 5.74) is 1.56. The quantitative estimate of drug-likeness (QED) is 0.406. The Bertz CT molecular complexity index is 770. The maximum Gasteiger partial charge on any atom is 0.242 e. The van der Waals surface area contributed by atoms with Crippen LogP contribution < -0.4 is 4.74 Å². The van der Waals surface area contributed by atoms with Gasteiger partial charge < -0.3 is 4.74 Å². The molecule has 2 aromatic carbocycles. The van der Waals surface area contributed by atoms with Crippen LogP contribution in [0.2, 0.25) is 0 Å². The fourth-order valence-electron chi connectivity index (χ4n) is 2.33. The van der Waals surface area contributed by atoms with E-state index in [-0.39, 0.29) is 11.0 Å². The number of ether oxygens (including phenoxy) is 1. The van der Waals surface area contributed by atoms with Crippen molar-refractivity contribution >= 4 is 34.8 Å². The highest BCUT2D eigenvalue weighted by molar-refractivity contribution is 6.70. The first kappa shape index (κ1) is 19.5. The molecule has 5 heteroatoms. The van der Waals surface area contributed by atoms with Gasteiger partial charge in [0.2, 0.25) is 15.9 Å². The number of methoxy groups -OCH3 is 1. The first-order valence-corrected chi connectivity index (χ1v) is 8.55. The van der Waals surface area contributed by atoms with E-state index in [0.29, 0.717) is 11.3 Å². The molecular weight excluding hydrogens is 359 g/mol. The van der Waals surface area contributed by atoms with E-state index in [1.165, 1.54) is 19.2 Å². The summed E-state index contributed by atoms with van der Waals surface area (Å²) in [5.74, 6) is -0.712. The summed E-state index contributed by atoms with van der Waals surface area (Å²) in [7, 11) is 1.52. The molecule has 132 valence electrons. The van der Waals surface area contributed by atoms with E-state index in [4.69, 9.17) is 27.9 Å². The van der Waals surface area contributed by atoms with Crippen LogP contribution in [0.1, 0.15) is 47.1 Å². The SMILES string of the molecule is COc1ccc(C(=O)C(Cl)(Cl)C(=O)c2ccc(C(C)(C)C)cc2)cc1. The van der Waals surface area contributed by atoms with Crippen molar-refractivity contribution in [2.75, 3.05) is 7.11 Å². The molecule has 0 fully saturated rings. The van der Waals surface area contributed by atoms with Crippen LogP contribution in [0.3, 0.4) is 0 Å². The number of halogens is 2. The van der Waals surface area contributed by atoms with Crippen LogP contribution in [0.15, 0.2) is 48.5 Å². The maximum absolute atomic E-state index is 12.7. The minimum Gasteiger partial charge on any atom is -0.497 e. The summed E-state index contributed by atoms with van der Waals surface area (Å²) in [6.45, 7) is 6.22. The Morgan fingerprint density at radius 2 is 1.20 bits per heavy atom. The van der Waals surface area contributed by atoms with Crippen LogP contribution in [-0.4, -0.2) is 23.0 Å². The van der Waals surface area contributed by atoms with E-state index in [2.05, 4.69) is 20.8 Å². The molecule has 0 aliphatic rings. The van der Waals surface area contributed by atoms with E-state index >= 15 is 0 Å². The molecule has 0 heterocycles. The first-order valence-electron chi connectivity index (χ1n) is 7.79. The maximum atomic E-state index is 12.7. The second-order valence-electron chi connectivity index (χ2n) is 6.79. The number of Topliss-reactive ketones (excluding diaryl/α,β-unsaturated/α-hetero) is 2. The van der Waals surface area contributed by atoms with Crippen LogP contribution in [0.5, 0.6) is 5.75 Å². The van der Waals surface area contributed by atoms with Gasteiger partial charge in [-0.25, -0.2) is 0 Å². The number of ketones is 2. The molecule has 0 N–H and O–H groups in total. The summed E-state index contributed by atoms with van der Waals surface area (Å²) in [4.78, 5) is 25.2. The van der Waals surface area contributed by atoms with Gasteiger partial charge in [0, 0.05) is 11.1 Å². The predicted octanol–water partition coefficient (Wildman–Crippen LogP) is 5.23. The van der Waals surface area contributed by atoms with E-state index in [9.17, 15) is 9.59 Å². The van der Waals surface area contributed by atoms with Crippen molar-refractivity contribution in [2.45, 2.75) is 30.5 Å². The van der Waals surface area contributed by atoms with Crippen LogP contribution in [-0.2, 0) is 5.41 Å². The molecule has 0 atom stereocenters. The lowest BCUT2D eigenvalue weighted by molar-refractivity contribution is 0.0879. The van der Waals surface area contributed by atoms with Crippen molar-refractivity contribution in [1.29, 1.82) is 0 Å². The lowest BCUT2D eigenvalue weighted by atomic mass is 9.86. The molecule has 0 radical (unpaired) electrons. The molecule has 3 nitrogen and oxygen atoms in total. The zero-order valence-electron chi connectivity index (χ0n) is 14.6. The third-order valence-corrected chi connectivity index (χ3v) is 4.62. The van der Waals surface area contributed by atoms with Crippen molar-refractivity contribution in [1.82, 2.24) is 0 Å². The number of benzene rings is 2. The average molecular weight is 379 g/mol. The van der Waals surface area contributed by atoms with Gasteiger partial charge in [0.1, 0.15) is 5.75 Å². The normalized spacial score (nSPS) is 11.9.